The van der Waals surface area contributed by atoms with Crippen LogP contribution in [0.15, 0.2) is 0 Å². The highest BCUT2D eigenvalue weighted by atomic mass is 15.1. The molecule has 1 saturated carbocycles. The fraction of sp³-hybridized carbons (Fsp3) is 1.00. The normalized spacial score (nSPS) is 31.8. The van der Waals surface area contributed by atoms with Crippen LogP contribution in [-0.2, 0) is 0 Å². The number of fused-ring (bicyclic) bond motifs is 1. The molecule has 2 fully saturated rings. The van der Waals surface area contributed by atoms with Crippen molar-refractivity contribution in [2.45, 2.75) is 52.9 Å². The molecule has 1 aliphatic heterocycles. The Kier molecular flexibility index (Phi) is 5.66. The fourth-order valence-corrected chi connectivity index (χ4v) is 2.78. The zero-order valence-corrected chi connectivity index (χ0v) is 11.1. The third kappa shape index (κ3) is 5.01. The first kappa shape index (κ1) is 13.0. The average molecular weight is 211 g/mol. The van der Waals surface area contributed by atoms with E-state index in [1.54, 1.807) is 0 Å². The van der Waals surface area contributed by atoms with E-state index in [0.717, 1.165) is 17.8 Å². The summed E-state index contributed by atoms with van der Waals surface area (Å²) in [4.78, 5) is 2.51. The van der Waals surface area contributed by atoms with Gasteiger partial charge >= 0.3 is 0 Å². The van der Waals surface area contributed by atoms with Crippen molar-refractivity contribution >= 4 is 0 Å². The Hall–Kier alpha value is -0.0400. The number of piperidine rings is 1. The molecule has 1 aliphatic carbocycles. The molecule has 0 aromatic rings. The van der Waals surface area contributed by atoms with Crippen molar-refractivity contribution in [3.8, 4) is 0 Å². The molecule has 90 valence electrons. The zero-order valence-electron chi connectivity index (χ0n) is 11.1. The van der Waals surface area contributed by atoms with Gasteiger partial charge in [-0.15, -0.1) is 0 Å². The highest BCUT2D eigenvalue weighted by molar-refractivity contribution is 4.81. The standard InChI is InChI=1S/C10H19N.C4H10/c1-11-7-6-9-4-2-3-5-10(9)8-11;1-4(2)3/h9-10H,2-8H2,1H3;4H,1-3H3. The van der Waals surface area contributed by atoms with E-state index >= 15 is 0 Å². The largest absolute Gasteiger partial charge is 0.306 e. The SMILES string of the molecule is CC(C)C.CN1CCC2CCCCC2C1. The van der Waals surface area contributed by atoms with Gasteiger partial charge in [0, 0.05) is 6.54 Å². The van der Waals surface area contributed by atoms with E-state index in [4.69, 9.17) is 0 Å². The fourth-order valence-electron chi connectivity index (χ4n) is 2.78. The second kappa shape index (κ2) is 6.52. The maximum absolute atomic E-state index is 2.51. The van der Waals surface area contributed by atoms with E-state index in [0.29, 0.717) is 0 Å². The number of nitrogens with zero attached hydrogens (tertiary/aromatic N) is 1. The van der Waals surface area contributed by atoms with Gasteiger partial charge in [-0.3, -0.25) is 0 Å². The lowest BCUT2D eigenvalue weighted by Crippen LogP contribution is -2.39. The topological polar surface area (TPSA) is 3.24 Å². The van der Waals surface area contributed by atoms with Gasteiger partial charge in [-0.05, 0) is 44.2 Å². The Balaban J connectivity index is 0.000000245. The summed E-state index contributed by atoms with van der Waals surface area (Å²) in [6, 6.07) is 0. The molecular weight excluding hydrogens is 182 g/mol. The molecule has 15 heavy (non-hydrogen) atoms. The first-order valence-corrected chi connectivity index (χ1v) is 6.78. The van der Waals surface area contributed by atoms with Crippen LogP contribution >= 0.6 is 0 Å². The molecular formula is C14H29N. The van der Waals surface area contributed by atoms with Crippen LogP contribution < -0.4 is 0 Å². The molecule has 0 bridgehead atoms. The van der Waals surface area contributed by atoms with Crippen LogP contribution in [0.25, 0.3) is 0 Å². The Morgan fingerprint density at radius 1 is 0.933 bits per heavy atom. The monoisotopic (exact) mass is 211 g/mol. The van der Waals surface area contributed by atoms with Crippen molar-refractivity contribution in [3.63, 3.8) is 0 Å². The molecule has 0 aromatic heterocycles. The van der Waals surface area contributed by atoms with E-state index < -0.39 is 0 Å². The van der Waals surface area contributed by atoms with Crippen LogP contribution in [0.2, 0.25) is 0 Å². The van der Waals surface area contributed by atoms with Crippen LogP contribution in [-0.4, -0.2) is 25.0 Å². The van der Waals surface area contributed by atoms with E-state index in [1.165, 1.54) is 45.2 Å². The number of hydrogen-bond donors (Lipinski definition) is 0. The van der Waals surface area contributed by atoms with Gasteiger partial charge in [0.25, 0.3) is 0 Å². The van der Waals surface area contributed by atoms with Gasteiger partial charge in [0.2, 0.25) is 0 Å². The van der Waals surface area contributed by atoms with Gasteiger partial charge in [-0.2, -0.15) is 0 Å². The zero-order chi connectivity index (χ0) is 11.3. The van der Waals surface area contributed by atoms with Crippen LogP contribution in [0.1, 0.15) is 52.9 Å². The van der Waals surface area contributed by atoms with Crippen LogP contribution in [0.4, 0.5) is 0 Å². The first-order valence-electron chi connectivity index (χ1n) is 6.78. The van der Waals surface area contributed by atoms with Crippen molar-refractivity contribution < 1.29 is 0 Å². The van der Waals surface area contributed by atoms with Gasteiger partial charge < -0.3 is 4.90 Å². The maximum Gasteiger partial charge on any atom is 0.000926 e. The lowest BCUT2D eigenvalue weighted by molar-refractivity contribution is 0.105. The lowest BCUT2D eigenvalue weighted by Gasteiger charge is -2.39. The van der Waals surface area contributed by atoms with Gasteiger partial charge in [0.1, 0.15) is 0 Å². The van der Waals surface area contributed by atoms with E-state index in [2.05, 4.69) is 32.7 Å². The molecule has 2 aliphatic rings. The Morgan fingerprint density at radius 2 is 1.47 bits per heavy atom. The molecule has 2 rings (SSSR count). The highest BCUT2D eigenvalue weighted by Crippen LogP contribution is 2.35. The Morgan fingerprint density at radius 3 is 2.07 bits per heavy atom. The molecule has 0 N–H and O–H groups in total. The molecule has 2 unspecified atom stereocenters. The molecule has 1 saturated heterocycles. The second-order valence-electron chi connectivity index (χ2n) is 6.09. The average Bonchev–Trinajstić information content (AvgIpc) is 2.16. The number of likely N-dealkylation sites (tertiary alicyclic amines) is 1. The van der Waals surface area contributed by atoms with E-state index in [9.17, 15) is 0 Å². The van der Waals surface area contributed by atoms with E-state index in [1.807, 2.05) is 0 Å². The molecule has 0 amide bonds. The summed E-state index contributed by atoms with van der Waals surface area (Å²) in [6.07, 6.45) is 7.51. The lowest BCUT2D eigenvalue weighted by atomic mass is 9.75. The number of hydrogen-bond acceptors (Lipinski definition) is 1. The predicted molar refractivity (Wildman–Crippen MR) is 68.1 cm³/mol. The summed E-state index contributed by atoms with van der Waals surface area (Å²) in [5.41, 5.74) is 0. The molecule has 0 radical (unpaired) electrons. The van der Waals surface area contributed by atoms with Crippen molar-refractivity contribution in [3.05, 3.63) is 0 Å². The minimum absolute atomic E-state index is 0.833. The summed E-state index contributed by atoms with van der Waals surface area (Å²) in [5.74, 6) is 2.99. The number of rotatable bonds is 0. The molecule has 0 aromatic carbocycles. The third-order valence-corrected chi connectivity index (χ3v) is 3.49. The molecule has 1 heterocycles. The summed E-state index contributed by atoms with van der Waals surface area (Å²) >= 11 is 0. The Labute approximate surface area is 96.2 Å². The highest BCUT2D eigenvalue weighted by Gasteiger charge is 2.29. The summed E-state index contributed by atoms with van der Waals surface area (Å²) in [7, 11) is 2.27. The summed E-state index contributed by atoms with van der Waals surface area (Å²) in [6.45, 7) is 9.23. The molecule has 0 spiro atoms. The van der Waals surface area contributed by atoms with Crippen LogP contribution in [0.5, 0.6) is 0 Å². The van der Waals surface area contributed by atoms with Crippen molar-refractivity contribution in [2.24, 2.45) is 17.8 Å². The minimum Gasteiger partial charge on any atom is -0.306 e. The van der Waals surface area contributed by atoms with Gasteiger partial charge in [-0.1, -0.05) is 40.0 Å². The predicted octanol–water partition coefficient (Wildman–Crippen LogP) is 3.79. The summed E-state index contributed by atoms with van der Waals surface area (Å²) < 4.78 is 0. The molecule has 1 nitrogen and oxygen atoms in total. The first-order chi connectivity index (χ1) is 7.09. The quantitative estimate of drug-likeness (QED) is 0.589. The van der Waals surface area contributed by atoms with Gasteiger partial charge in [0.05, 0.1) is 0 Å². The second-order valence-corrected chi connectivity index (χ2v) is 6.09. The van der Waals surface area contributed by atoms with Crippen molar-refractivity contribution in [2.75, 3.05) is 20.1 Å². The molecule has 2 atom stereocenters. The van der Waals surface area contributed by atoms with Crippen LogP contribution in [0, 0.1) is 17.8 Å². The molecule has 1 heteroatoms. The van der Waals surface area contributed by atoms with Crippen molar-refractivity contribution in [1.82, 2.24) is 4.90 Å². The smallest absolute Gasteiger partial charge is 0.000926 e. The van der Waals surface area contributed by atoms with Gasteiger partial charge in [-0.25, -0.2) is 0 Å². The van der Waals surface area contributed by atoms with Crippen molar-refractivity contribution in [1.29, 1.82) is 0 Å². The summed E-state index contributed by atoms with van der Waals surface area (Å²) in [5, 5.41) is 0. The van der Waals surface area contributed by atoms with E-state index in [-0.39, 0.29) is 0 Å². The Bertz CT molecular complexity index is 162. The third-order valence-electron chi connectivity index (χ3n) is 3.49. The van der Waals surface area contributed by atoms with Crippen LogP contribution in [0.3, 0.4) is 0 Å². The maximum atomic E-state index is 2.51. The van der Waals surface area contributed by atoms with Gasteiger partial charge in [0.15, 0.2) is 0 Å². The minimum atomic E-state index is 0.833.